The first-order valence-electron chi connectivity index (χ1n) is 7.15. The van der Waals surface area contributed by atoms with Crippen LogP contribution in [-0.2, 0) is 22.8 Å². The van der Waals surface area contributed by atoms with Gasteiger partial charge in [-0.2, -0.15) is 0 Å². The molecule has 2 rings (SSSR count). The van der Waals surface area contributed by atoms with Crippen LogP contribution in [0.2, 0.25) is 0 Å². The van der Waals surface area contributed by atoms with Gasteiger partial charge in [-0.25, -0.2) is 13.2 Å². The zero-order valence-corrected chi connectivity index (χ0v) is 14.0. The van der Waals surface area contributed by atoms with E-state index >= 15 is 0 Å². The third-order valence-corrected chi connectivity index (χ3v) is 4.52. The Bertz CT molecular complexity index is 864. The predicted octanol–water partition coefficient (Wildman–Crippen LogP) is 1.87. The van der Waals surface area contributed by atoms with Crippen LogP contribution in [0.25, 0.3) is 0 Å². The van der Waals surface area contributed by atoms with Gasteiger partial charge in [0.25, 0.3) is 5.91 Å². The average molecular weight is 351 g/mol. The molecular formula is C16H17NO6S. The average Bonchev–Trinajstić information content (AvgIpc) is 2.97. The molecule has 128 valence electrons. The molecule has 0 atom stereocenters. The molecule has 0 aliphatic carbocycles. The molecule has 8 heteroatoms. The van der Waals surface area contributed by atoms with Crippen molar-refractivity contribution in [2.75, 3.05) is 6.26 Å². The Kier molecular flexibility index (Phi) is 5.08. The summed E-state index contributed by atoms with van der Waals surface area (Å²) in [6.45, 7) is 1.89. The van der Waals surface area contributed by atoms with E-state index in [-0.39, 0.29) is 28.5 Å². The molecule has 0 aliphatic rings. The summed E-state index contributed by atoms with van der Waals surface area (Å²) in [6.07, 6.45) is 1.48. The molecule has 24 heavy (non-hydrogen) atoms. The molecule has 0 saturated heterocycles. The van der Waals surface area contributed by atoms with Crippen molar-refractivity contribution in [3.05, 3.63) is 53.0 Å². The maximum Gasteiger partial charge on any atom is 0.339 e. The van der Waals surface area contributed by atoms with Crippen molar-refractivity contribution in [3.8, 4) is 0 Å². The van der Waals surface area contributed by atoms with Gasteiger partial charge in [-0.3, -0.25) is 4.79 Å². The number of rotatable bonds is 6. The fraction of sp³-hybridized carbons (Fsp3) is 0.250. The Morgan fingerprint density at radius 3 is 2.29 bits per heavy atom. The number of aromatic carboxylic acids is 1. The van der Waals surface area contributed by atoms with Gasteiger partial charge in [0.15, 0.2) is 15.6 Å². The Hall–Kier alpha value is -2.61. The highest BCUT2D eigenvalue weighted by Gasteiger charge is 2.19. The number of nitrogens with one attached hydrogen (secondary N) is 1. The maximum absolute atomic E-state index is 12.1. The monoisotopic (exact) mass is 351 g/mol. The quantitative estimate of drug-likeness (QED) is 0.821. The first-order valence-corrected chi connectivity index (χ1v) is 9.04. The summed E-state index contributed by atoms with van der Waals surface area (Å²) in [6, 6.07) is 7.31. The normalized spacial score (nSPS) is 11.2. The largest absolute Gasteiger partial charge is 0.478 e. The van der Waals surface area contributed by atoms with Gasteiger partial charge in [-0.1, -0.05) is 19.1 Å². The van der Waals surface area contributed by atoms with E-state index in [0.717, 1.165) is 6.26 Å². The molecule has 0 aliphatic heterocycles. The topological polar surface area (TPSA) is 114 Å². The molecule has 1 aromatic heterocycles. The van der Waals surface area contributed by atoms with Crippen molar-refractivity contribution in [3.63, 3.8) is 0 Å². The Morgan fingerprint density at radius 1 is 1.21 bits per heavy atom. The number of carboxylic acid groups (broad SMARTS) is 1. The van der Waals surface area contributed by atoms with Gasteiger partial charge in [0.05, 0.1) is 4.90 Å². The Labute approximate surface area is 139 Å². The number of aryl methyl sites for hydroxylation is 1. The Balaban J connectivity index is 2.07. The third-order valence-electron chi connectivity index (χ3n) is 3.39. The molecule has 0 fully saturated rings. The van der Waals surface area contributed by atoms with Crippen LogP contribution >= 0.6 is 0 Å². The molecule has 0 spiro atoms. The summed E-state index contributed by atoms with van der Waals surface area (Å²) in [5.41, 5.74) is 0.677. The van der Waals surface area contributed by atoms with Crippen LogP contribution in [-0.4, -0.2) is 31.7 Å². The predicted molar refractivity (Wildman–Crippen MR) is 85.8 cm³/mol. The van der Waals surface area contributed by atoms with E-state index < -0.39 is 21.7 Å². The van der Waals surface area contributed by atoms with E-state index in [1.807, 2.05) is 0 Å². The van der Waals surface area contributed by atoms with Gasteiger partial charge in [0.1, 0.15) is 11.3 Å². The number of hydrogen-bond acceptors (Lipinski definition) is 5. The minimum absolute atomic E-state index is 0.0276. The van der Waals surface area contributed by atoms with Gasteiger partial charge in [-0.05, 0) is 17.7 Å². The number of carbonyl (C=O) groups is 2. The fourth-order valence-corrected chi connectivity index (χ4v) is 2.74. The van der Waals surface area contributed by atoms with E-state index in [4.69, 9.17) is 9.52 Å². The molecule has 1 aromatic carbocycles. The van der Waals surface area contributed by atoms with Gasteiger partial charge >= 0.3 is 5.97 Å². The molecule has 7 nitrogen and oxygen atoms in total. The van der Waals surface area contributed by atoms with Crippen LogP contribution in [0, 0.1) is 0 Å². The van der Waals surface area contributed by atoms with Gasteiger partial charge < -0.3 is 14.8 Å². The summed E-state index contributed by atoms with van der Waals surface area (Å²) in [5, 5.41) is 11.7. The van der Waals surface area contributed by atoms with Crippen LogP contribution in [0.15, 0.2) is 39.6 Å². The van der Waals surface area contributed by atoms with Crippen molar-refractivity contribution < 1.29 is 27.5 Å². The van der Waals surface area contributed by atoms with Crippen molar-refractivity contribution in [2.45, 2.75) is 24.8 Å². The molecular weight excluding hydrogens is 334 g/mol. The number of carbonyl (C=O) groups excluding carboxylic acids is 1. The SMILES string of the molecule is CCc1oc(C(=O)NCc2ccc(S(C)(=O)=O)cc2)cc1C(=O)O. The lowest BCUT2D eigenvalue weighted by atomic mass is 10.2. The molecule has 0 saturated carbocycles. The van der Waals surface area contributed by atoms with Crippen molar-refractivity contribution in [1.29, 1.82) is 0 Å². The van der Waals surface area contributed by atoms with Crippen molar-refractivity contribution in [2.24, 2.45) is 0 Å². The summed E-state index contributed by atoms with van der Waals surface area (Å²) in [5.74, 6) is -1.52. The van der Waals surface area contributed by atoms with E-state index in [1.54, 1.807) is 19.1 Å². The third kappa shape index (κ3) is 4.02. The van der Waals surface area contributed by atoms with Crippen LogP contribution < -0.4 is 5.32 Å². The number of amides is 1. The maximum atomic E-state index is 12.1. The van der Waals surface area contributed by atoms with Gasteiger partial charge in [0, 0.05) is 25.3 Å². The van der Waals surface area contributed by atoms with E-state index in [1.165, 1.54) is 18.2 Å². The van der Waals surface area contributed by atoms with Gasteiger partial charge in [0.2, 0.25) is 0 Å². The zero-order chi connectivity index (χ0) is 17.9. The molecule has 0 radical (unpaired) electrons. The number of sulfone groups is 1. The second-order valence-corrected chi connectivity index (χ2v) is 7.22. The summed E-state index contributed by atoms with van der Waals surface area (Å²) >= 11 is 0. The first-order chi connectivity index (χ1) is 11.2. The lowest BCUT2D eigenvalue weighted by molar-refractivity contribution is 0.0694. The molecule has 1 heterocycles. The standard InChI is InChI=1S/C16H17NO6S/c1-3-13-12(16(19)20)8-14(23-13)15(18)17-9-10-4-6-11(7-5-10)24(2,21)22/h4-8H,3,9H2,1-2H3,(H,17,18)(H,19,20). The summed E-state index contributed by atoms with van der Waals surface area (Å²) in [7, 11) is -3.26. The summed E-state index contributed by atoms with van der Waals surface area (Å²) < 4.78 is 28.0. The van der Waals surface area contributed by atoms with Gasteiger partial charge in [-0.15, -0.1) is 0 Å². The minimum atomic E-state index is -3.26. The number of benzene rings is 1. The van der Waals surface area contributed by atoms with E-state index in [2.05, 4.69) is 5.32 Å². The summed E-state index contributed by atoms with van der Waals surface area (Å²) in [4.78, 5) is 23.3. The zero-order valence-electron chi connectivity index (χ0n) is 13.2. The smallest absolute Gasteiger partial charge is 0.339 e. The molecule has 0 bridgehead atoms. The lowest BCUT2D eigenvalue weighted by Crippen LogP contribution is -2.22. The van der Waals surface area contributed by atoms with E-state index in [9.17, 15) is 18.0 Å². The van der Waals surface area contributed by atoms with Crippen molar-refractivity contribution in [1.82, 2.24) is 5.32 Å². The first kappa shape index (κ1) is 17.7. The highest BCUT2D eigenvalue weighted by molar-refractivity contribution is 7.90. The van der Waals surface area contributed by atoms with Crippen LogP contribution in [0.3, 0.4) is 0 Å². The number of carboxylic acids is 1. The second kappa shape index (κ2) is 6.88. The highest BCUT2D eigenvalue weighted by atomic mass is 32.2. The Morgan fingerprint density at radius 2 is 1.83 bits per heavy atom. The van der Waals surface area contributed by atoms with Crippen molar-refractivity contribution >= 4 is 21.7 Å². The van der Waals surface area contributed by atoms with Crippen LogP contribution in [0.5, 0.6) is 0 Å². The van der Waals surface area contributed by atoms with E-state index in [0.29, 0.717) is 12.0 Å². The minimum Gasteiger partial charge on any atom is -0.478 e. The number of furan rings is 1. The lowest BCUT2D eigenvalue weighted by Gasteiger charge is -2.04. The second-order valence-electron chi connectivity index (χ2n) is 5.21. The van der Waals surface area contributed by atoms with Crippen LogP contribution in [0.4, 0.5) is 0 Å². The molecule has 2 N–H and O–H groups in total. The van der Waals surface area contributed by atoms with Crippen LogP contribution in [0.1, 0.15) is 39.2 Å². The number of hydrogen-bond donors (Lipinski definition) is 2. The molecule has 2 aromatic rings. The molecule has 0 unspecified atom stereocenters. The fourth-order valence-electron chi connectivity index (χ4n) is 2.11. The molecule has 1 amide bonds. The highest BCUT2D eigenvalue weighted by Crippen LogP contribution is 2.17.